The molecular weight excluding hydrogens is 362 g/mol. The maximum Gasteiger partial charge on any atom is 0.225 e. The van der Waals surface area contributed by atoms with E-state index in [-0.39, 0.29) is 29.7 Å². The highest BCUT2D eigenvalue weighted by Crippen LogP contribution is 2.26. The molecule has 0 aliphatic heterocycles. The van der Waals surface area contributed by atoms with Gasteiger partial charge in [-0.2, -0.15) is 9.78 Å². The molecule has 0 aliphatic carbocycles. The van der Waals surface area contributed by atoms with Crippen LogP contribution < -0.4 is 5.32 Å². The number of hydrogen-bond donors (Lipinski definition) is 1. The highest BCUT2D eigenvalue weighted by atomic mass is 19.1. The van der Waals surface area contributed by atoms with Gasteiger partial charge < -0.3 is 5.32 Å². The highest BCUT2D eigenvalue weighted by molar-refractivity contribution is 5.90. The molecule has 0 fully saturated rings. The fraction of sp³-hybridized carbons (Fsp3) is 0.286. The van der Waals surface area contributed by atoms with Crippen molar-refractivity contribution in [1.29, 1.82) is 0 Å². The van der Waals surface area contributed by atoms with Gasteiger partial charge in [-0.25, -0.2) is 13.8 Å². The third-order valence-electron chi connectivity index (χ3n) is 4.24. The van der Waals surface area contributed by atoms with Crippen LogP contribution in [0.3, 0.4) is 0 Å². The van der Waals surface area contributed by atoms with Crippen molar-refractivity contribution in [3.05, 3.63) is 71.6 Å². The van der Waals surface area contributed by atoms with E-state index in [0.29, 0.717) is 11.6 Å². The van der Waals surface area contributed by atoms with Crippen LogP contribution in [0.1, 0.15) is 38.4 Å². The Hall–Kier alpha value is -3.09. The van der Waals surface area contributed by atoms with Crippen LogP contribution in [-0.4, -0.2) is 20.7 Å². The van der Waals surface area contributed by atoms with E-state index in [2.05, 4.69) is 15.4 Å². The summed E-state index contributed by atoms with van der Waals surface area (Å²) in [6, 6.07) is 10.4. The molecule has 0 bridgehead atoms. The molecule has 1 amide bonds. The number of benzene rings is 1. The lowest BCUT2D eigenvalue weighted by molar-refractivity contribution is -0.116. The Morgan fingerprint density at radius 1 is 1.14 bits per heavy atom. The van der Waals surface area contributed by atoms with Crippen LogP contribution in [0, 0.1) is 11.6 Å². The summed E-state index contributed by atoms with van der Waals surface area (Å²) in [6.45, 7) is 6.07. The smallest absolute Gasteiger partial charge is 0.225 e. The molecule has 3 rings (SSSR count). The van der Waals surface area contributed by atoms with Crippen molar-refractivity contribution in [3.8, 4) is 5.82 Å². The van der Waals surface area contributed by atoms with Gasteiger partial charge in [0.25, 0.3) is 0 Å². The molecule has 0 saturated carbocycles. The minimum absolute atomic E-state index is 0.0125. The average Bonchev–Trinajstić information content (AvgIpc) is 3.07. The normalized spacial score (nSPS) is 11.5. The molecule has 0 aliphatic rings. The van der Waals surface area contributed by atoms with Crippen LogP contribution in [0.2, 0.25) is 0 Å². The van der Waals surface area contributed by atoms with Crippen LogP contribution in [0.25, 0.3) is 5.82 Å². The maximum atomic E-state index is 13.7. The van der Waals surface area contributed by atoms with Gasteiger partial charge in [0.05, 0.1) is 5.69 Å². The molecule has 5 nitrogen and oxygen atoms in total. The van der Waals surface area contributed by atoms with E-state index in [1.807, 2.05) is 26.8 Å². The van der Waals surface area contributed by atoms with Crippen molar-refractivity contribution in [3.63, 3.8) is 0 Å². The largest absolute Gasteiger partial charge is 0.311 e. The van der Waals surface area contributed by atoms with Crippen molar-refractivity contribution < 1.29 is 13.6 Å². The average molecular weight is 384 g/mol. The fourth-order valence-corrected chi connectivity index (χ4v) is 2.68. The number of hydrogen-bond acceptors (Lipinski definition) is 3. The molecule has 1 N–H and O–H groups in total. The summed E-state index contributed by atoms with van der Waals surface area (Å²) >= 11 is 0. The zero-order valence-electron chi connectivity index (χ0n) is 16.0. The Kier molecular flexibility index (Phi) is 5.53. The SMILES string of the molecule is CC(C)(C)c1cc(NC(=O)CCc2cc(F)ccc2F)n(-c2ccccn2)n1. The second-order valence-electron chi connectivity index (χ2n) is 7.55. The summed E-state index contributed by atoms with van der Waals surface area (Å²) in [5, 5.41) is 7.39. The van der Waals surface area contributed by atoms with Gasteiger partial charge in [0, 0.05) is 24.1 Å². The summed E-state index contributed by atoms with van der Waals surface area (Å²) < 4.78 is 28.6. The molecule has 7 heteroatoms. The number of pyridine rings is 1. The van der Waals surface area contributed by atoms with Gasteiger partial charge in [-0.05, 0) is 42.3 Å². The number of halogens is 2. The molecule has 0 atom stereocenters. The van der Waals surface area contributed by atoms with Crippen molar-refractivity contribution in [2.24, 2.45) is 0 Å². The predicted octanol–water partition coefficient (Wildman–Crippen LogP) is 4.41. The molecule has 146 valence electrons. The van der Waals surface area contributed by atoms with Gasteiger partial charge in [-0.1, -0.05) is 26.8 Å². The molecule has 0 spiro atoms. The number of rotatable bonds is 5. The van der Waals surface area contributed by atoms with Gasteiger partial charge in [0.15, 0.2) is 5.82 Å². The Balaban J connectivity index is 1.80. The summed E-state index contributed by atoms with van der Waals surface area (Å²) in [5.74, 6) is -0.318. The summed E-state index contributed by atoms with van der Waals surface area (Å²) in [6.07, 6.45) is 1.75. The predicted molar refractivity (Wildman–Crippen MR) is 103 cm³/mol. The summed E-state index contributed by atoms with van der Waals surface area (Å²) in [4.78, 5) is 16.7. The number of aryl methyl sites for hydroxylation is 1. The summed E-state index contributed by atoms with van der Waals surface area (Å²) in [5.41, 5.74) is 0.748. The Bertz CT molecular complexity index is 978. The van der Waals surface area contributed by atoms with Crippen molar-refractivity contribution in [2.45, 2.75) is 39.0 Å². The molecule has 2 heterocycles. The molecule has 3 aromatic rings. The van der Waals surface area contributed by atoms with E-state index in [9.17, 15) is 13.6 Å². The zero-order chi connectivity index (χ0) is 20.3. The van der Waals surface area contributed by atoms with Crippen molar-refractivity contribution in [2.75, 3.05) is 5.32 Å². The molecule has 0 radical (unpaired) electrons. The Morgan fingerprint density at radius 3 is 2.61 bits per heavy atom. The van der Waals surface area contributed by atoms with E-state index >= 15 is 0 Å². The molecule has 0 unspecified atom stereocenters. The van der Waals surface area contributed by atoms with Gasteiger partial charge in [-0.3, -0.25) is 4.79 Å². The molecule has 28 heavy (non-hydrogen) atoms. The number of carbonyl (C=O) groups excluding carboxylic acids is 1. The van der Waals surface area contributed by atoms with Gasteiger partial charge >= 0.3 is 0 Å². The minimum Gasteiger partial charge on any atom is -0.311 e. The zero-order valence-corrected chi connectivity index (χ0v) is 16.0. The highest BCUT2D eigenvalue weighted by Gasteiger charge is 2.22. The molecule has 1 aromatic carbocycles. The number of aromatic nitrogens is 3. The van der Waals surface area contributed by atoms with Gasteiger partial charge in [0.1, 0.15) is 17.5 Å². The second-order valence-corrected chi connectivity index (χ2v) is 7.55. The van der Waals surface area contributed by atoms with Crippen LogP contribution in [0.15, 0.2) is 48.7 Å². The van der Waals surface area contributed by atoms with E-state index in [0.717, 1.165) is 23.9 Å². The van der Waals surface area contributed by atoms with E-state index < -0.39 is 11.6 Å². The van der Waals surface area contributed by atoms with Crippen LogP contribution >= 0.6 is 0 Å². The molecule has 2 aromatic heterocycles. The van der Waals surface area contributed by atoms with Crippen LogP contribution in [0.4, 0.5) is 14.6 Å². The number of carbonyl (C=O) groups is 1. The second kappa shape index (κ2) is 7.88. The van der Waals surface area contributed by atoms with Crippen molar-refractivity contribution in [1.82, 2.24) is 14.8 Å². The minimum atomic E-state index is -0.528. The first kappa shape index (κ1) is 19.7. The third-order valence-corrected chi connectivity index (χ3v) is 4.24. The lowest BCUT2D eigenvalue weighted by Gasteiger charge is -2.13. The standard InChI is InChI=1S/C21H22F2N4O/c1-21(2,3)17-13-19(27(26-17)18-6-4-5-11-24-18)25-20(28)10-7-14-12-15(22)8-9-16(14)23/h4-6,8-9,11-13H,7,10H2,1-3H3,(H,25,28). The first-order chi connectivity index (χ1) is 13.2. The monoisotopic (exact) mass is 384 g/mol. The Labute approximate surface area is 162 Å². The van der Waals surface area contributed by atoms with E-state index in [1.165, 1.54) is 0 Å². The van der Waals surface area contributed by atoms with E-state index in [1.54, 1.807) is 29.1 Å². The quantitative estimate of drug-likeness (QED) is 0.709. The number of nitrogens with one attached hydrogen (secondary N) is 1. The lowest BCUT2D eigenvalue weighted by atomic mass is 9.92. The number of amides is 1. The van der Waals surface area contributed by atoms with Crippen molar-refractivity contribution >= 4 is 11.7 Å². The lowest BCUT2D eigenvalue weighted by Crippen LogP contribution is -2.16. The summed E-state index contributed by atoms with van der Waals surface area (Å²) in [7, 11) is 0. The van der Waals surface area contributed by atoms with Crippen LogP contribution in [-0.2, 0) is 16.6 Å². The Morgan fingerprint density at radius 2 is 1.93 bits per heavy atom. The third kappa shape index (κ3) is 4.60. The van der Waals surface area contributed by atoms with E-state index in [4.69, 9.17) is 0 Å². The van der Waals surface area contributed by atoms with Gasteiger partial charge in [-0.15, -0.1) is 0 Å². The number of anilines is 1. The topological polar surface area (TPSA) is 59.8 Å². The number of nitrogens with zero attached hydrogens (tertiary/aromatic N) is 3. The molecular formula is C21H22F2N4O. The molecule has 0 saturated heterocycles. The first-order valence-electron chi connectivity index (χ1n) is 9.00. The van der Waals surface area contributed by atoms with Gasteiger partial charge in [0.2, 0.25) is 5.91 Å². The maximum absolute atomic E-state index is 13.7. The van der Waals surface area contributed by atoms with Crippen LogP contribution in [0.5, 0.6) is 0 Å². The first-order valence-corrected chi connectivity index (χ1v) is 9.00. The fourth-order valence-electron chi connectivity index (χ4n) is 2.68.